The van der Waals surface area contributed by atoms with Crippen molar-refractivity contribution in [1.29, 1.82) is 0 Å². The van der Waals surface area contributed by atoms with E-state index < -0.39 is 52.2 Å². The summed E-state index contributed by atoms with van der Waals surface area (Å²) in [5.41, 5.74) is -1.02. The first-order valence-electron chi connectivity index (χ1n) is 6.44. The minimum absolute atomic E-state index is 0.0121. The van der Waals surface area contributed by atoms with Gasteiger partial charge in [-0.05, 0) is 0 Å². The van der Waals surface area contributed by atoms with Crippen molar-refractivity contribution in [3.05, 3.63) is 11.5 Å². The fourth-order valence-electron chi connectivity index (χ4n) is 2.19. The van der Waals surface area contributed by atoms with Crippen LogP contribution in [-0.2, 0) is 24.0 Å². The molecule has 3 N–H and O–H groups in total. The molecule has 1 unspecified atom stereocenters. The van der Waals surface area contributed by atoms with Crippen LogP contribution in [0, 0.1) is 0 Å². The Bertz CT molecular complexity index is 678. The third kappa shape index (κ3) is 3.11. The summed E-state index contributed by atoms with van der Waals surface area (Å²) in [6.07, 6.45) is 0. The number of carbonyl (C=O) groups excluding carboxylic acids is 3. The van der Waals surface area contributed by atoms with Crippen molar-refractivity contribution in [2.24, 2.45) is 5.16 Å². The van der Waals surface area contributed by atoms with Gasteiger partial charge in [-0.15, -0.1) is 11.8 Å². The molecule has 0 saturated carbocycles. The number of nitrogens with zero attached hydrogens (tertiary/aromatic N) is 2. The number of carbonyl (C=O) groups is 4. The van der Waals surface area contributed by atoms with Gasteiger partial charge in [-0.1, -0.05) is 21.1 Å². The molecule has 0 radical (unpaired) electrons. The molecular formula is C12H12BrN3O7S. The molecule has 0 aromatic carbocycles. The molecule has 2 rings (SSSR count). The van der Waals surface area contributed by atoms with Crippen LogP contribution in [0.2, 0.25) is 0 Å². The van der Waals surface area contributed by atoms with E-state index in [1.54, 1.807) is 0 Å². The number of hydrogen-bond donors (Lipinski definition) is 3. The highest BCUT2D eigenvalue weighted by molar-refractivity contribution is 9.09. The number of carboxylic acids is 1. The number of nitrogens with one attached hydrogen (secondary N) is 1. The first-order chi connectivity index (χ1) is 11.3. The van der Waals surface area contributed by atoms with Gasteiger partial charge in [0, 0.05) is 0 Å². The van der Waals surface area contributed by atoms with Gasteiger partial charge in [0.25, 0.3) is 11.8 Å². The molecule has 2 heterocycles. The number of aliphatic carboxylic acids is 1. The van der Waals surface area contributed by atoms with E-state index in [0.717, 1.165) is 23.8 Å². The van der Waals surface area contributed by atoms with E-state index >= 15 is 0 Å². The number of aliphatic hydroxyl groups excluding tert-OH is 1. The Hall–Kier alpha value is -2.08. The summed E-state index contributed by atoms with van der Waals surface area (Å²) in [6.45, 7) is 0. The van der Waals surface area contributed by atoms with Crippen molar-refractivity contribution in [2.45, 2.75) is 11.4 Å². The molecule has 0 aromatic heterocycles. The summed E-state index contributed by atoms with van der Waals surface area (Å²) >= 11 is 3.99. The van der Waals surface area contributed by atoms with Crippen LogP contribution in [-0.4, -0.2) is 74.0 Å². The van der Waals surface area contributed by atoms with Crippen LogP contribution in [0.3, 0.4) is 0 Å². The summed E-state index contributed by atoms with van der Waals surface area (Å²) in [4.78, 5) is 52.4. The van der Waals surface area contributed by atoms with Crippen molar-refractivity contribution in [1.82, 2.24) is 10.2 Å². The Morgan fingerprint density at radius 2 is 2.17 bits per heavy atom. The molecule has 24 heavy (non-hydrogen) atoms. The van der Waals surface area contributed by atoms with Crippen molar-refractivity contribution < 1.29 is 34.2 Å². The zero-order chi connectivity index (χ0) is 18.0. The van der Waals surface area contributed by atoms with Gasteiger partial charge < -0.3 is 20.4 Å². The van der Waals surface area contributed by atoms with Crippen molar-refractivity contribution >= 4 is 57.0 Å². The number of β-lactam (4-membered cyclic amide) rings is 1. The average molecular weight is 422 g/mol. The lowest BCUT2D eigenvalue weighted by Gasteiger charge is -2.48. The molecule has 0 bridgehead atoms. The summed E-state index contributed by atoms with van der Waals surface area (Å²) in [5, 5.41) is 23.5. The van der Waals surface area contributed by atoms with Gasteiger partial charge in [0.15, 0.2) is 5.70 Å². The van der Waals surface area contributed by atoms with Crippen LogP contribution in [0.15, 0.2) is 16.6 Å². The molecule has 130 valence electrons. The van der Waals surface area contributed by atoms with Gasteiger partial charge in [0.05, 0.1) is 11.1 Å². The zero-order valence-corrected chi connectivity index (χ0v) is 14.6. The molecule has 2 aliphatic heterocycles. The lowest BCUT2D eigenvalue weighted by molar-refractivity contribution is -0.150. The van der Waals surface area contributed by atoms with Crippen molar-refractivity contribution in [3.63, 3.8) is 0 Å². The second-order valence-corrected chi connectivity index (χ2v) is 6.31. The van der Waals surface area contributed by atoms with E-state index in [1.807, 2.05) is 0 Å². The number of oxime groups is 1. The molecule has 12 heteroatoms. The largest absolute Gasteiger partial charge is 0.509 e. The van der Waals surface area contributed by atoms with Crippen LogP contribution in [0.25, 0.3) is 0 Å². The molecular weight excluding hydrogens is 410 g/mol. The number of rotatable bonds is 6. The molecule has 2 amide bonds. The van der Waals surface area contributed by atoms with Crippen molar-refractivity contribution in [3.8, 4) is 0 Å². The van der Waals surface area contributed by atoms with Gasteiger partial charge in [-0.25, -0.2) is 4.79 Å². The molecule has 0 aromatic rings. The fourth-order valence-corrected chi connectivity index (χ4v) is 3.65. The summed E-state index contributed by atoms with van der Waals surface area (Å²) in [7, 11) is 1.16. The monoisotopic (exact) mass is 421 g/mol. The lowest BCUT2D eigenvalue weighted by atomic mass is 10.0. The third-order valence-corrected chi connectivity index (χ3v) is 4.99. The topological polar surface area (TPSA) is 146 Å². The number of aliphatic hydroxyl groups is 1. The second kappa shape index (κ2) is 7.21. The van der Waals surface area contributed by atoms with E-state index in [1.165, 1.54) is 0 Å². The Kier molecular flexibility index (Phi) is 5.49. The highest BCUT2D eigenvalue weighted by Crippen LogP contribution is 2.39. The van der Waals surface area contributed by atoms with Crippen LogP contribution < -0.4 is 5.32 Å². The van der Waals surface area contributed by atoms with E-state index in [4.69, 9.17) is 5.11 Å². The molecule has 0 aliphatic carbocycles. The number of halogens is 1. The molecule has 1 saturated heterocycles. The minimum Gasteiger partial charge on any atom is -0.509 e. The van der Waals surface area contributed by atoms with Gasteiger partial charge >= 0.3 is 5.97 Å². The number of ketones is 1. The maximum absolute atomic E-state index is 12.1. The minimum atomic E-state index is -1.44. The maximum Gasteiger partial charge on any atom is 0.356 e. The normalized spacial score (nSPS) is 23.3. The van der Waals surface area contributed by atoms with Gasteiger partial charge in [-0.3, -0.25) is 19.3 Å². The predicted molar refractivity (Wildman–Crippen MR) is 85.6 cm³/mol. The van der Waals surface area contributed by atoms with E-state index in [0.29, 0.717) is 0 Å². The highest BCUT2D eigenvalue weighted by Gasteiger charge is 2.54. The Morgan fingerprint density at radius 1 is 1.50 bits per heavy atom. The first kappa shape index (κ1) is 18.3. The Balaban J connectivity index is 2.15. The number of thioether (sulfide) groups is 1. The fraction of sp³-hybridized carbons (Fsp3) is 0.417. The summed E-state index contributed by atoms with van der Waals surface area (Å²) in [6, 6.07) is -1.03. The highest BCUT2D eigenvalue weighted by atomic mass is 79.9. The van der Waals surface area contributed by atoms with Gasteiger partial charge in [0.1, 0.15) is 24.3 Å². The molecule has 2 aliphatic rings. The smallest absolute Gasteiger partial charge is 0.356 e. The Labute approximate surface area is 148 Å². The lowest BCUT2D eigenvalue weighted by Crippen LogP contribution is -2.71. The molecule has 1 fully saturated rings. The number of hydrogen-bond acceptors (Lipinski definition) is 8. The number of amides is 2. The van der Waals surface area contributed by atoms with E-state index in [9.17, 15) is 24.3 Å². The van der Waals surface area contributed by atoms with Gasteiger partial charge in [0.2, 0.25) is 11.5 Å². The number of carboxylic acid groups (broad SMARTS) is 1. The molecule has 2 atom stereocenters. The third-order valence-electron chi connectivity index (χ3n) is 3.22. The van der Waals surface area contributed by atoms with Crippen LogP contribution in [0.5, 0.6) is 0 Å². The predicted octanol–water partition coefficient (Wildman–Crippen LogP) is -0.793. The maximum atomic E-state index is 12.1. The summed E-state index contributed by atoms with van der Waals surface area (Å²) < 4.78 is 0. The standard InChI is InChI=1S/C12H12BrN3O7S/c1-23-15-6(4(17)2-13)9(19)14-7-10(20)16-8(12(21)22)5(18)3-24-11(7)16/h7,11,18H,2-3H2,1H3,(H,14,19)(H,21,22)/t7?,11-/m1/s1. The quantitative estimate of drug-likeness (QED) is 0.166. The zero-order valence-electron chi connectivity index (χ0n) is 12.2. The first-order valence-corrected chi connectivity index (χ1v) is 8.61. The number of fused-ring (bicyclic) bond motifs is 1. The van der Waals surface area contributed by atoms with Crippen LogP contribution in [0.1, 0.15) is 0 Å². The number of alkyl halides is 1. The molecule has 10 nitrogen and oxygen atoms in total. The van der Waals surface area contributed by atoms with Crippen LogP contribution >= 0.6 is 27.7 Å². The SMILES string of the molecule is CON=C(C(=O)CBr)C(=O)NC1C(=O)N2C(C(=O)O)=C(O)CS[C@H]12. The molecule has 0 spiro atoms. The van der Waals surface area contributed by atoms with E-state index in [-0.39, 0.29) is 11.1 Å². The number of Topliss-reactive ketones (excluding diaryl/α,β-unsaturated/α-hetero) is 1. The van der Waals surface area contributed by atoms with E-state index in [2.05, 4.69) is 31.2 Å². The Morgan fingerprint density at radius 3 is 2.71 bits per heavy atom. The van der Waals surface area contributed by atoms with Gasteiger partial charge in [-0.2, -0.15) is 0 Å². The van der Waals surface area contributed by atoms with Crippen molar-refractivity contribution in [2.75, 3.05) is 18.2 Å². The summed E-state index contributed by atoms with van der Waals surface area (Å²) in [5.74, 6) is -4.12. The second-order valence-electron chi connectivity index (χ2n) is 4.64. The average Bonchev–Trinajstić information content (AvgIpc) is 2.55. The van der Waals surface area contributed by atoms with Crippen LogP contribution in [0.4, 0.5) is 0 Å².